The van der Waals surface area contributed by atoms with Gasteiger partial charge in [0.1, 0.15) is 5.82 Å². The van der Waals surface area contributed by atoms with E-state index in [1.165, 1.54) is 11.1 Å². The first-order valence-corrected chi connectivity index (χ1v) is 7.98. The molecule has 0 radical (unpaired) electrons. The van der Waals surface area contributed by atoms with Crippen LogP contribution in [-0.2, 0) is 0 Å². The molecule has 0 amide bonds. The third-order valence-corrected chi connectivity index (χ3v) is 4.32. The highest BCUT2D eigenvalue weighted by atomic mass is 14.9. The Hall–Kier alpha value is -2.74. The average molecular weight is 298 g/mol. The first kappa shape index (κ1) is 13.9. The first-order chi connectivity index (χ1) is 11.3. The number of aryl methyl sites for hydroxylation is 1. The molecule has 2 aromatic carbocycles. The van der Waals surface area contributed by atoms with Crippen molar-refractivity contribution in [3.63, 3.8) is 0 Å². The van der Waals surface area contributed by atoms with E-state index in [9.17, 15) is 0 Å². The molecule has 1 heterocycles. The second-order valence-corrected chi connectivity index (χ2v) is 5.91. The van der Waals surface area contributed by atoms with E-state index in [4.69, 9.17) is 4.98 Å². The quantitative estimate of drug-likeness (QED) is 0.660. The molecule has 1 aromatic heterocycles. The fourth-order valence-electron chi connectivity index (χ4n) is 3.16. The van der Waals surface area contributed by atoms with Crippen LogP contribution in [0.4, 0.5) is 0 Å². The molecule has 0 saturated carbocycles. The number of fused-ring (bicyclic) bond motifs is 1. The Morgan fingerprint density at radius 2 is 1.70 bits per heavy atom. The fraction of sp³-hybridized carbons (Fsp3) is 0.143. The summed E-state index contributed by atoms with van der Waals surface area (Å²) in [6, 6.07) is 18.9. The molecule has 0 N–H and O–H groups in total. The Bertz CT molecular complexity index is 908. The molecule has 0 saturated heterocycles. The Labute approximate surface area is 136 Å². The van der Waals surface area contributed by atoms with Crippen LogP contribution in [0.3, 0.4) is 0 Å². The SMILES string of the molecule is Cc1nc(C2=CCC(c3ccccc3)C=C2)c2ccccc2n1. The van der Waals surface area contributed by atoms with Crippen LogP contribution >= 0.6 is 0 Å². The molecule has 112 valence electrons. The number of benzene rings is 2. The number of hydrogen-bond donors (Lipinski definition) is 0. The van der Waals surface area contributed by atoms with E-state index in [0.717, 1.165) is 28.8 Å². The summed E-state index contributed by atoms with van der Waals surface area (Å²) < 4.78 is 0. The van der Waals surface area contributed by atoms with Crippen LogP contribution in [0.5, 0.6) is 0 Å². The predicted octanol–water partition coefficient (Wildman–Crippen LogP) is 5.07. The normalized spacial score (nSPS) is 17.3. The molecule has 1 atom stereocenters. The van der Waals surface area contributed by atoms with Crippen LogP contribution in [-0.4, -0.2) is 9.97 Å². The van der Waals surface area contributed by atoms with Gasteiger partial charge in [0.2, 0.25) is 0 Å². The molecule has 23 heavy (non-hydrogen) atoms. The second-order valence-electron chi connectivity index (χ2n) is 5.91. The highest BCUT2D eigenvalue weighted by Gasteiger charge is 2.14. The summed E-state index contributed by atoms with van der Waals surface area (Å²) in [5.74, 6) is 1.27. The molecular formula is C21H18N2. The van der Waals surface area contributed by atoms with Crippen LogP contribution in [0, 0.1) is 6.92 Å². The molecule has 1 aliphatic rings. The van der Waals surface area contributed by atoms with Crippen LogP contribution in [0.25, 0.3) is 16.5 Å². The van der Waals surface area contributed by atoms with Crippen LogP contribution in [0.2, 0.25) is 0 Å². The molecule has 0 aliphatic heterocycles. The van der Waals surface area contributed by atoms with Gasteiger partial charge >= 0.3 is 0 Å². The third kappa shape index (κ3) is 2.68. The van der Waals surface area contributed by atoms with Gasteiger partial charge in [-0.25, -0.2) is 9.97 Å². The smallest absolute Gasteiger partial charge is 0.126 e. The van der Waals surface area contributed by atoms with E-state index >= 15 is 0 Å². The Kier molecular flexibility index (Phi) is 3.51. The van der Waals surface area contributed by atoms with Gasteiger partial charge in [-0.3, -0.25) is 0 Å². The third-order valence-electron chi connectivity index (χ3n) is 4.32. The lowest BCUT2D eigenvalue weighted by atomic mass is 9.89. The molecule has 1 aliphatic carbocycles. The largest absolute Gasteiger partial charge is 0.233 e. The van der Waals surface area contributed by atoms with Gasteiger partial charge in [0.15, 0.2) is 0 Å². The highest BCUT2D eigenvalue weighted by molar-refractivity contribution is 5.92. The van der Waals surface area contributed by atoms with Gasteiger partial charge in [0, 0.05) is 11.3 Å². The van der Waals surface area contributed by atoms with Crippen molar-refractivity contribution < 1.29 is 0 Å². The highest BCUT2D eigenvalue weighted by Crippen LogP contribution is 2.32. The molecule has 3 aromatic rings. The van der Waals surface area contributed by atoms with E-state index in [1.54, 1.807) is 0 Å². The molecule has 2 nitrogen and oxygen atoms in total. The Morgan fingerprint density at radius 3 is 2.48 bits per heavy atom. The van der Waals surface area contributed by atoms with E-state index in [1.807, 2.05) is 25.1 Å². The maximum Gasteiger partial charge on any atom is 0.126 e. The number of para-hydroxylation sites is 1. The van der Waals surface area contributed by atoms with Gasteiger partial charge in [-0.1, -0.05) is 66.8 Å². The number of nitrogens with zero attached hydrogens (tertiary/aromatic N) is 2. The number of aromatic nitrogens is 2. The van der Waals surface area contributed by atoms with Crippen LogP contribution in [0.15, 0.2) is 72.8 Å². The lowest BCUT2D eigenvalue weighted by molar-refractivity contribution is 0.855. The van der Waals surface area contributed by atoms with Crippen molar-refractivity contribution in [2.45, 2.75) is 19.3 Å². The lowest BCUT2D eigenvalue weighted by Crippen LogP contribution is -2.01. The molecule has 2 heteroatoms. The zero-order valence-corrected chi connectivity index (χ0v) is 13.1. The summed E-state index contributed by atoms with van der Waals surface area (Å²) in [4.78, 5) is 9.22. The fourth-order valence-corrected chi connectivity index (χ4v) is 3.16. The summed E-state index contributed by atoms with van der Waals surface area (Å²) in [6.07, 6.45) is 7.80. The minimum absolute atomic E-state index is 0.453. The van der Waals surface area contributed by atoms with E-state index in [0.29, 0.717) is 5.92 Å². The maximum atomic E-state index is 4.69. The topological polar surface area (TPSA) is 25.8 Å². The minimum Gasteiger partial charge on any atom is -0.233 e. The van der Waals surface area contributed by atoms with Crippen molar-refractivity contribution in [2.75, 3.05) is 0 Å². The molecule has 0 fully saturated rings. The van der Waals surface area contributed by atoms with E-state index < -0.39 is 0 Å². The van der Waals surface area contributed by atoms with Gasteiger partial charge in [0.25, 0.3) is 0 Å². The van der Waals surface area contributed by atoms with Crippen molar-refractivity contribution in [1.82, 2.24) is 9.97 Å². The monoisotopic (exact) mass is 298 g/mol. The van der Waals surface area contributed by atoms with Crippen molar-refractivity contribution in [3.05, 3.63) is 89.9 Å². The van der Waals surface area contributed by atoms with E-state index in [-0.39, 0.29) is 0 Å². The average Bonchev–Trinajstić information content (AvgIpc) is 2.62. The maximum absolute atomic E-state index is 4.69. The minimum atomic E-state index is 0.453. The van der Waals surface area contributed by atoms with Crippen molar-refractivity contribution in [2.24, 2.45) is 0 Å². The number of allylic oxidation sites excluding steroid dienone is 4. The zero-order valence-electron chi connectivity index (χ0n) is 13.1. The molecule has 0 spiro atoms. The van der Waals surface area contributed by atoms with Crippen molar-refractivity contribution >= 4 is 16.5 Å². The second kappa shape index (κ2) is 5.81. The van der Waals surface area contributed by atoms with Crippen molar-refractivity contribution in [3.8, 4) is 0 Å². The van der Waals surface area contributed by atoms with Gasteiger partial charge in [0.05, 0.1) is 11.2 Å². The first-order valence-electron chi connectivity index (χ1n) is 7.98. The Balaban J connectivity index is 1.71. The van der Waals surface area contributed by atoms with Gasteiger partial charge in [-0.05, 0) is 30.5 Å². The van der Waals surface area contributed by atoms with Crippen LogP contribution in [0.1, 0.15) is 29.4 Å². The number of hydrogen-bond acceptors (Lipinski definition) is 2. The zero-order chi connectivity index (χ0) is 15.6. The van der Waals surface area contributed by atoms with Gasteiger partial charge < -0.3 is 0 Å². The molecule has 1 unspecified atom stereocenters. The summed E-state index contributed by atoms with van der Waals surface area (Å²) in [5, 5.41) is 1.12. The van der Waals surface area contributed by atoms with Gasteiger partial charge in [-0.2, -0.15) is 0 Å². The summed E-state index contributed by atoms with van der Waals surface area (Å²) in [6.45, 7) is 1.95. The van der Waals surface area contributed by atoms with Crippen LogP contribution < -0.4 is 0 Å². The Morgan fingerprint density at radius 1 is 0.913 bits per heavy atom. The summed E-state index contributed by atoms with van der Waals surface area (Å²) in [5.41, 5.74) is 4.60. The van der Waals surface area contributed by atoms with Gasteiger partial charge in [-0.15, -0.1) is 0 Å². The summed E-state index contributed by atoms with van der Waals surface area (Å²) >= 11 is 0. The summed E-state index contributed by atoms with van der Waals surface area (Å²) in [7, 11) is 0. The molecule has 0 bridgehead atoms. The standard InChI is InChI=1S/C21H18N2/c1-15-22-20-10-6-5-9-19(20)21(23-15)18-13-11-17(12-14-18)16-7-3-2-4-8-16/h2-11,13-14,17H,12H2,1H3. The molecule has 4 rings (SSSR count). The molecular weight excluding hydrogens is 280 g/mol. The predicted molar refractivity (Wildman–Crippen MR) is 95.2 cm³/mol. The number of rotatable bonds is 2. The van der Waals surface area contributed by atoms with E-state index in [2.05, 4.69) is 59.6 Å². The van der Waals surface area contributed by atoms with Crippen molar-refractivity contribution in [1.29, 1.82) is 0 Å². The lowest BCUT2D eigenvalue weighted by Gasteiger charge is -2.17.